The van der Waals surface area contributed by atoms with Crippen LogP contribution >= 0.6 is 15.9 Å². The van der Waals surface area contributed by atoms with Crippen LogP contribution in [0.1, 0.15) is 28.4 Å². The molecular formula is C16H16BrNO3. The van der Waals surface area contributed by atoms with Crippen LogP contribution in [0.3, 0.4) is 0 Å². The number of rotatable bonds is 5. The standard InChI is InChI=1S/C16H16BrNO3/c1-10(19)13-6-7-14(15(17)16(13)20)21-9-12-4-2-11(8-18)3-5-12/h2-7,20H,8-9,18H2,1H3. The van der Waals surface area contributed by atoms with Crippen LogP contribution in [0.15, 0.2) is 40.9 Å². The molecule has 110 valence electrons. The van der Waals surface area contributed by atoms with E-state index in [-0.39, 0.29) is 17.1 Å². The molecule has 0 aliphatic rings. The lowest BCUT2D eigenvalue weighted by molar-refractivity contribution is 0.101. The number of carbonyl (C=O) groups excluding carboxylic acids is 1. The lowest BCUT2D eigenvalue weighted by atomic mass is 10.1. The fourth-order valence-corrected chi connectivity index (χ4v) is 2.33. The summed E-state index contributed by atoms with van der Waals surface area (Å²) in [6.45, 7) is 2.27. The monoisotopic (exact) mass is 349 g/mol. The summed E-state index contributed by atoms with van der Waals surface area (Å²) in [5.74, 6) is 0.191. The first-order chi connectivity index (χ1) is 10.0. The third-order valence-electron chi connectivity index (χ3n) is 3.11. The van der Waals surface area contributed by atoms with Gasteiger partial charge in [0.15, 0.2) is 5.78 Å². The molecule has 0 atom stereocenters. The highest BCUT2D eigenvalue weighted by molar-refractivity contribution is 9.10. The number of ether oxygens (including phenoxy) is 1. The Labute approximate surface area is 131 Å². The van der Waals surface area contributed by atoms with Crippen molar-refractivity contribution in [2.24, 2.45) is 5.73 Å². The fourth-order valence-electron chi connectivity index (χ4n) is 1.87. The quantitative estimate of drug-likeness (QED) is 0.811. The van der Waals surface area contributed by atoms with E-state index in [0.29, 0.717) is 23.4 Å². The summed E-state index contributed by atoms with van der Waals surface area (Å²) in [5.41, 5.74) is 7.87. The summed E-state index contributed by atoms with van der Waals surface area (Å²) in [7, 11) is 0. The second-order valence-corrected chi connectivity index (χ2v) is 5.43. The normalized spacial score (nSPS) is 10.4. The summed E-state index contributed by atoms with van der Waals surface area (Å²) in [6.07, 6.45) is 0. The van der Waals surface area contributed by atoms with E-state index in [0.717, 1.165) is 11.1 Å². The van der Waals surface area contributed by atoms with Crippen molar-refractivity contribution < 1.29 is 14.6 Å². The Morgan fingerprint density at radius 2 is 1.81 bits per heavy atom. The zero-order valence-electron chi connectivity index (χ0n) is 11.6. The number of aromatic hydroxyl groups is 1. The van der Waals surface area contributed by atoms with Gasteiger partial charge < -0.3 is 15.6 Å². The van der Waals surface area contributed by atoms with Gasteiger partial charge in [0.1, 0.15) is 22.6 Å². The first-order valence-corrected chi connectivity index (χ1v) is 7.25. The van der Waals surface area contributed by atoms with Crippen molar-refractivity contribution in [3.8, 4) is 11.5 Å². The molecule has 0 aromatic heterocycles. The molecule has 0 aliphatic carbocycles. The fraction of sp³-hybridized carbons (Fsp3) is 0.188. The lowest BCUT2D eigenvalue weighted by Gasteiger charge is -2.11. The SMILES string of the molecule is CC(=O)c1ccc(OCc2ccc(CN)cc2)c(Br)c1O. The molecule has 2 rings (SSSR count). The van der Waals surface area contributed by atoms with E-state index in [1.165, 1.54) is 6.92 Å². The largest absolute Gasteiger partial charge is 0.506 e. The number of nitrogens with two attached hydrogens (primary N) is 1. The van der Waals surface area contributed by atoms with Crippen LogP contribution in [-0.4, -0.2) is 10.9 Å². The van der Waals surface area contributed by atoms with Crippen molar-refractivity contribution in [2.75, 3.05) is 0 Å². The zero-order chi connectivity index (χ0) is 15.4. The van der Waals surface area contributed by atoms with Crippen LogP contribution in [0, 0.1) is 0 Å². The number of phenols is 1. The first kappa shape index (κ1) is 15.5. The minimum absolute atomic E-state index is 0.0986. The van der Waals surface area contributed by atoms with E-state index in [4.69, 9.17) is 10.5 Å². The van der Waals surface area contributed by atoms with E-state index in [1.54, 1.807) is 12.1 Å². The molecule has 4 nitrogen and oxygen atoms in total. The number of carbonyl (C=O) groups is 1. The number of halogens is 1. The predicted molar refractivity (Wildman–Crippen MR) is 84.5 cm³/mol. The summed E-state index contributed by atoms with van der Waals surface area (Å²) in [4.78, 5) is 11.3. The highest BCUT2D eigenvalue weighted by Crippen LogP contribution is 2.37. The van der Waals surface area contributed by atoms with Crippen LogP contribution < -0.4 is 10.5 Å². The van der Waals surface area contributed by atoms with Gasteiger partial charge in [-0.25, -0.2) is 0 Å². The van der Waals surface area contributed by atoms with Gasteiger partial charge >= 0.3 is 0 Å². The van der Waals surface area contributed by atoms with Crippen molar-refractivity contribution >= 4 is 21.7 Å². The van der Waals surface area contributed by atoms with Gasteiger partial charge in [-0.1, -0.05) is 24.3 Å². The topological polar surface area (TPSA) is 72.5 Å². The van der Waals surface area contributed by atoms with Crippen LogP contribution in [-0.2, 0) is 13.2 Å². The number of benzene rings is 2. The minimum atomic E-state index is -0.197. The molecule has 0 saturated heterocycles. The van der Waals surface area contributed by atoms with Crippen LogP contribution in [0.25, 0.3) is 0 Å². The number of hydrogen-bond acceptors (Lipinski definition) is 4. The van der Waals surface area contributed by atoms with Crippen molar-refractivity contribution in [3.63, 3.8) is 0 Å². The summed E-state index contributed by atoms with van der Waals surface area (Å²) in [5, 5.41) is 9.95. The molecule has 0 spiro atoms. The number of Topliss-reactive ketones (excluding diaryl/α,β-unsaturated/α-hetero) is 1. The molecular weight excluding hydrogens is 334 g/mol. The lowest BCUT2D eigenvalue weighted by Crippen LogP contribution is -2.00. The maximum Gasteiger partial charge on any atom is 0.163 e. The Morgan fingerprint density at radius 1 is 1.19 bits per heavy atom. The van der Waals surface area contributed by atoms with Gasteiger partial charge in [0.2, 0.25) is 0 Å². The Balaban J connectivity index is 2.12. The minimum Gasteiger partial charge on any atom is -0.506 e. The molecule has 2 aromatic carbocycles. The van der Waals surface area contributed by atoms with Gasteiger partial charge in [-0.2, -0.15) is 0 Å². The molecule has 2 aromatic rings. The van der Waals surface area contributed by atoms with E-state index in [2.05, 4.69) is 15.9 Å². The molecule has 5 heteroatoms. The third kappa shape index (κ3) is 3.62. The van der Waals surface area contributed by atoms with E-state index < -0.39 is 0 Å². The molecule has 0 radical (unpaired) electrons. The number of ketones is 1. The maximum atomic E-state index is 11.3. The van der Waals surface area contributed by atoms with Gasteiger partial charge in [0.25, 0.3) is 0 Å². The Kier molecular flexibility index (Phi) is 4.98. The molecule has 0 saturated carbocycles. The van der Waals surface area contributed by atoms with Gasteiger partial charge in [0.05, 0.1) is 5.56 Å². The Hall–Kier alpha value is -1.85. The van der Waals surface area contributed by atoms with Crippen LogP contribution in [0.2, 0.25) is 0 Å². The van der Waals surface area contributed by atoms with Gasteiger partial charge in [-0.05, 0) is 46.1 Å². The average Bonchev–Trinajstić information content (AvgIpc) is 2.49. The highest BCUT2D eigenvalue weighted by atomic mass is 79.9. The Bertz CT molecular complexity index is 653. The van der Waals surface area contributed by atoms with Crippen molar-refractivity contribution in [1.29, 1.82) is 0 Å². The van der Waals surface area contributed by atoms with E-state index in [9.17, 15) is 9.90 Å². The molecule has 0 aliphatic heterocycles. The molecule has 0 amide bonds. The molecule has 0 fully saturated rings. The van der Waals surface area contributed by atoms with Gasteiger partial charge in [-0.3, -0.25) is 4.79 Å². The second-order valence-electron chi connectivity index (χ2n) is 4.64. The molecule has 0 bridgehead atoms. The molecule has 0 heterocycles. The van der Waals surface area contributed by atoms with E-state index >= 15 is 0 Å². The van der Waals surface area contributed by atoms with Crippen LogP contribution in [0.5, 0.6) is 11.5 Å². The number of phenolic OH excluding ortho intramolecular Hbond substituents is 1. The van der Waals surface area contributed by atoms with Crippen molar-refractivity contribution in [1.82, 2.24) is 0 Å². The van der Waals surface area contributed by atoms with Crippen molar-refractivity contribution in [2.45, 2.75) is 20.1 Å². The smallest absolute Gasteiger partial charge is 0.163 e. The predicted octanol–water partition coefficient (Wildman–Crippen LogP) is 3.40. The van der Waals surface area contributed by atoms with Gasteiger partial charge in [0, 0.05) is 6.54 Å². The first-order valence-electron chi connectivity index (χ1n) is 6.46. The van der Waals surface area contributed by atoms with E-state index in [1.807, 2.05) is 24.3 Å². The summed E-state index contributed by atoms with van der Waals surface area (Å²) in [6, 6.07) is 11.0. The molecule has 3 N–H and O–H groups in total. The maximum absolute atomic E-state index is 11.3. The molecule has 0 unspecified atom stereocenters. The summed E-state index contributed by atoms with van der Waals surface area (Å²) >= 11 is 3.25. The summed E-state index contributed by atoms with van der Waals surface area (Å²) < 4.78 is 6.05. The highest BCUT2D eigenvalue weighted by Gasteiger charge is 2.14. The van der Waals surface area contributed by atoms with Crippen LogP contribution in [0.4, 0.5) is 0 Å². The third-order valence-corrected chi connectivity index (χ3v) is 3.88. The Morgan fingerprint density at radius 3 is 2.38 bits per heavy atom. The second kappa shape index (κ2) is 6.74. The number of hydrogen-bond donors (Lipinski definition) is 2. The average molecular weight is 350 g/mol. The van der Waals surface area contributed by atoms with Gasteiger partial charge in [-0.15, -0.1) is 0 Å². The van der Waals surface area contributed by atoms with Crippen molar-refractivity contribution in [3.05, 3.63) is 57.6 Å². The molecule has 21 heavy (non-hydrogen) atoms. The zero-order valence-corrected chi connectivity index (χ0v) is 13.2.